The molecule has 0 spiro atoms. The number of nitrogens with zero attached hydrogens (tertiary/aromatic N) is 3. The summed E-state index contributed by atoms with van der Waals surface area (Å²) < 4.78 is 16.0. The molecule has 0 saturated heterocycles. The van der Waals surface area contributed by atoms with E-state index in [-0.39, 0.29) is 6.79 Å². The molecule has 0 radical (unpaired) electrons. The number of anilines is 2. The smallest absolute Gasteiger partial charge is 0.244 e. The average molecular weight is 379 g/mol. The summed E-state index contributed by atoms with van der Waals surface area (Å²) in [6.07, 6.45) is 2.46. The molecule has 144 valence electrons. The molecule has 1 aromatic heterocycles. The third-order valence-electron chi connectivity index (χ3n) is 4.30. The molecule has 0 fully saturated rings. The Balaban J connectivity index is 1.30. The highest BCUT2D eigenvalue weighted by Gasteiger charge is 2.13. The zero-order valence-electron chi connectivity index (χ0n) is 15.5. The molecule has 28 heavy (non-hydrogen) atoms. The van der Waals surface area contributed by atoms with Crippen LogP contribution in [0, 0.1) is 0 Å². The Hall–Kier alpha value is -3.55. The van der Waals surface area contributed by atoms with E-state index in [0.29, 0.717) is 18.3 Å². The van der Waals surface area contributed by atoms with Crippen LogP contribution in [0.1, 0.15) is 11.1 Å². The Morgan fingerprint density at radius 3 is 2.89 bits per heavy atom. The zero-order valence-corrected chi connectivity index (χ0v) is 15.5. The van der Waals surface area contributed by atoms with Gasteiger partial charge in [-0.15, -0.1) is 5.10 Å². The fourth-order valence-electron chi connectivity index (χ4n) is 2.86. The van der Waals surface area contributed by atoms with Gasteiger partial charge in [0.1, 0.15) is 5.75 Å². The number of nitrogens with one attached hydrogen (secondary N) is 2. The number of fused-ring (bicyclic) bond motifs is 1. The van der Waals surface area contributed by atoms with Crippen molar-refractivity contribution >= 4 is 11.8 Å². The number of methoxy groups -OCH3 is 1. The first-order chi connectivity index (χ1) is 13.8. The van der Waals surface area contributed by atoms with Gasteiger partial charge in [-0.3, -0.25) is 0 Å². The summed E-state index contributed by atoms with van der Waals surface area (Å²) in [6, 6.07) is 13.8. The maximum atomic E-state index is 5.39. The molecule has 0 aliphatic carbocycles. The molecular formula is C20H21N5O3. The molecule has 4 rings (SSSR count). The Morgan fingerprint density at radius 2 is 1.96 bits per heavy atom. The molecule has 8 heteroatoms. The van der Waals surface area contributed by atoms with Crippen LogP contribution in [0.2, 0.25) is 0 Å². The van der Waals surface area contributed by atoms with Crippen LogP contribution < -0.4 is 24.8 Å². The number of rotatable bonds is 8. The van der Waals surface area contributed by atoms with E-state index < -0.39 is 0 Å². The van der Waals surface area contributed by atoms with E-state index in [4.69, 9.17) is 14.2 Å². The molecule has 0 atom stereocenters. The number of aromatic nitrogens is 3. The van der Waals surface area contributed by atoms with Gasteiger partial charge in [0.25, 0.3) is 0 Å². The van der Waals surface area contributed by atoms with Crippen molar-refractivity contribution in [1.29, 1.82) is 0 Å². The number of hydrogen-bond acceptors (Lipinski definition) is 8. The van der Waals surface area contributed by atoms with Gasteiger partial charge in [-0.1, -0.05) is 18.2 Å². The number of benzene rings is 2. The fourth-order valence-corrected chi connectivity index (χ4v) is 2.86. The van der Waals surface area contributed by atoms with Crippen molar-refractivity contribution in [2.75, 3.05) is 31.1 Å². The molecule has 8 nitrogen and oxygen atoms in total. The van der Waals surface area contributed by atoms with Crippen molar-refractivity contribution in [3.63, 3.8) is 0 Å². The summed E-state index contributed by atoms with van der Waals surface area (Å²) in [5.74, 6) is 3.52. The van der Waals surface area contributed by atoms with Gasteiger partial charge in [0, 0.05) is 13.1 Å². The van der Waals surface area contributed by atoms with Crippen LogP contribution >= 0.6 is 0 Å². The Bertz CT molecular complexity index is 951. The summed E-state index contributed by atoms with van der Waals surface area (Å²) in [6.45, 7) is 1.56. The van der Waals surface area contributed by atoms with Crippen molar-refractivity contribution < 1.29 is 14.2 Å². The van der Waals surface area contributed by atoms with E-state index in [9.17, 15) is 0 Å². The molecule has 3 aromatic rings. The first-order valence-corrected chi connectivity index (χ1v) is 8.99. The quantitative estimate of drug-likeness (QED) is 0.617. The molecule has 0 unspecified atom stereocenters. The highest BCUT2D eigenvalue weighted by Crippen LogP contribution is 2.32. The minimum Gasteiger partial charge on any atom is -0.497 e. The molecule has 2 heterocycles. The normalized spacial score (nSPS) is 11.9. The van der Waals surface area contributed by atoms with E-state index in [1.807, 2.05) is 36.4 Å². The van der Waals surface area contributed by atoms with Gasteiger partial charge < -0.3 is 24.8 Å². The van der Waals surface area contributed by atoms with Gasteiger partial charge in [-0.2, -0.15) is 10.1 Å². The number of hydrogen-bond donors (Lipinski definition) is 2. The van der Waals surface area contributed by atoms with Crippen LogP contribution in [0.3, 0.4) is 0 Å². The second-order valence-electron chi connectivity index (χ2n) is 6.23. The predicted octanol–water partition coefficient (Wildman–Crippen LogP) is 2.88. The van der Waals surface area contributed by atoms with E-state index in [1.165, 1.54) is 5.56 Å². The summed E-state index contributed by atoms with van der Waals surface area (Å²) >= 11 is 0. The minimum atomic E-state index is 0.267. The van der Waals surface area contributed by atoms with E-state index in [0.717, 1.165) is 35.8 Å². The van der Waals surface area contributed by atoms with Crippen LogP contribution in [0.15, 0.2) is 48.7 Å². The minimum absolute atomic E-state index is 0.267. The van der Waals surface area contributed by atoms with Gasteiger partial charge in [0.05, 0.1) is 13.3 Å². The molecule has 1 aliphatic heterocycles. The zero-order chi connectivity index (χ0) is 19.2. The maximum Gasteiger partial charge on any atom is 0.244 e. The van der Waals surface area contributed by atoms with Crippen molar-refractivity contribution in [2.24, 2.45) is 0 Å². The summed E-state index contributed by atoms with van der Waals surface area (Å²) in [4.78, 5) is 4.45. The molecule has 0 amide bonds. The third kappa shape index (κ3) is 4.40. The monoisotopic (exact) mass is 379 g/mol. The molecule has 0 saturated carbocycles. The lowest BCUT2D eigenvalue weighted by Crippen LogP contribution is -2.10. The van der Waals surface area contributed by atoms with Crippen LogP contribution in [-0.4, -0.2) is 35.6 Å². The molecule has 2 aromatic carbocycles. The standard InChI is InChI=1S/C20H21N5O3/c1-26-16-4-2-3-14(9-16)7-8-21-19-12-23-25-20(24-19)22-11-15-5-6-17-18(10-15)28-13-27-17/h2-6,9-10,12H,7-8,11,13H2,1H3,(H2,21,22,24,25). The molecular weight excluding hydrogens is 358 g/mol. The summed E-state index contributed by atoms with van der Waals surface area (Å²) in [5, 5.41) is 14.5. The first-order valence-electron chi connectivity index (χ1n) is 8.99. The third-order valence-corrected chi connectivity index (χ3v) is 4.30. The molecule has 0 bridgehead atoms. The van der Waals surface area contributed by atoms with E-state index in [1.54, 1.807) is 13.3 Å². The summed E-state index contributed by atoms with van der Waals surface area (Å²) in [7, 11) is 1.67. The highest BCUT2D eigenvalue weighted by atomic mass is 16.7. The van der Waals surface area contributed by atoms with E-state index >= 15 is 0 Å². The fraction of sp³-hybridized carbons (Fsp3) is 0.250. The topological polar surface area (TPSA) is 90.4 Å². The van der Waals surface area contributed by atoms with Crippen LogP contribution in [-0.2, 0) is 13.0 Å². The highest BCUT2D eigenvalue weighted by molar-refractivity contribution is 5.45. The summed E-state index contributed by atoms with van der Waals surface area (Å²) in [5.41, 5.74) is 2.24. The van der Waals surface area contributed by atoms with E-state index in [2.05, 4.69) is 31.9 Å². The number of ether oxygens (including phenoxy) is 3. The second-order valence-corrected chi connectivity index (χ2v) is 6.23. The van der Waals surface area contributed by atoms with Gasteiger partial charge >= 0.3 is 0 Å². The van der Waals surface area contributed by atoms with Crippen molar-refractivity contribution in [2.45, 2.75) is 13.0 Å². The van der Waals surface area contributed by atoms with Crippen LogP contribution in [0.5, 0.6) is 17.2 Å². The maximum absolute atomic E-state index is 5.39. The average Bonchev–Trinajstić information content (AvgIpc) is 3.21. The second kappa shape index (κ2) is 8.43. The first kappa shape index (κ1) is 17.8. The van der Waals surface area contributed by atoms with Gasteiger partial charge in [-0.25, -0.2) is 0 Å². The van der Waals surface area contributed by atoms with Crippen LogP contribution in [0.4, 0.5) is 11.8 Å². The van der Waals surface area contributed by atoms with Crippen molar-refractivity contribution in [3.05, 3.63) is 59.8 Å². The van der Waals surface area contributed by atoms with Crippen molar-refractivity contribution in [3.8, 4) is 17.2 Å². The lowest BCUT2D eigenvalue weighted by Gasteiger charge is -2.09. The molecule has 1 aliphatic rings. The Kier molecular flexibility index (Phi) is 5.37. The lowest BCUT2D eigenvalue weighted by atomic mass is 10.1. The predicted molar refractivity (Wildman–Crippen MR) is 105 cm³/mol. The van der Waals surface area contributed by atoms with Gasteiger partial charge in [0.15, 0.2) is 17.3 Å². The Labute approximate surface area is 162 Å². The lowest BCUT2D eigenvalue weighted by molar-refractivity contribution is 0.174. The van der Waals surface area contributed by atoms with Crippen molar-refractivity contribution in [1.82, 2.24) is 15.2 Å². The van der Waals surface area contributed by atoms with Gasteiger partial charge in [0.2, 0.25) is 12.7 Å². The van der Waals surface area contributed by atoms with Gasteiger partial charge in [-0.05, 0) is 41.8 Å². The largest absolute Gasteiger partial charge is 0.497 e. The SMILES string of the molecule is COc1cccc(CCNc2cnnc(NCc3ccc4c(c3)OCO4)n2)c1. The van der Waals surface area contributed by atoms with Crippen LogP contribution in [0.25, 0.3) is 0 Å². The molecule has 2 N–H and O–H groups in total. The Morgan fingerprint density at radius 1 is 1.04 bits per heavy atom.